The number of rotatable bonds is 12. The normalized spacial score (nSPS) is 11.0. The molecule has 0 aliphatic carbocycles. The molecule has 0 saturated heterocycles. The lowest BCUT2D eigenvalue weighted by Crippen LogP contribution is -2.05. The van der Waals surface area contributed by atoms with Crippen LogP contribution in [-0.4, -0.2) is 17.4 Å². The largest absolute Gasteiger partial charge is 0.304 e. The molecular formula is C20H26O3S. The first-order valence-electron chi connectivity index (χ1n) is 8.61. The van der Waals surface area contributed by atoms with Crippen LogP contribution < -0.4 is 0 Å². The van der Waals surface area contributed by atoms with E-state index in [1.165, 1.54) is 11.1 Å². The predicted octanol–water partition coefficient (Wildman–Crippen LogP) is 4.64. The molecule has 0 bridgehead atoms. The van der Waals surface area contributed by atoms with Crippen molar-refractivity contribution in [3.8, 4) is 0 Å². The lowest BCUT2D eigenvalue weighted by Gasteiger charge is -2.05. The van der Waals surface area contributed by atoms with E-state index in [0.717, 1.165) is 38.5 Å². The van der Waals surface area contributed by atoms with Crippen LogP contribution in [0, 0.1) is 0 Å². The topological polar surface area (TPSA) is 35.5 Å². The molecule has 0 fully saturated rings. The molecular weight excluding hydrogens is 320 g/mol. The smallest absolute Gasteiger partial charge is 0.268 e. The fourth-order valence-corrected chi connectivity index (χ4v) is 3.02. The van der Waals surface area contributed by atoms with Crippen LogP contribution in [0.5, 0.6) is 0 Å². The zero-order chi connectivity index (χ0) is 16.9. The SMILES string of the molecule is O=S(OCCCCc1ccccc1)OCCCCc1ccccc1. The van der Waals surface area contributed by atoms with Gasteiger partial charge >= 0.3 is 11.4 Å². The summed E-state index contributed by atoms with van der Waals surface area (Å²) in [4.78, 5) is 0. The number of hydrogen-bond acceptors (Lipinski definition) is 3. The van der Waals surface area contributed by atoms with Crippen molar-refractivity contribution in [1.29, 1.82) is 0 Å². The van der Waals surface area contributed by atoms with Crippen molar-refractivity contribution in [2.45, 2.75) is 38.5 Å². The van der Waals surface area contributed by atoms with E-state index >= 15 is 0 Å². The van der Waals surface area contributed by atoms with Gasteiger partial charge in [0.25, 0.3) is 0 Å². The minimum absolute atomic E-state index is 0.476. The Hall–Kier alpha value is -1.49. The number of unbranched alkanes of at least 4 members (excludes halogenated alkanes) is 2. The molecule has 2 aromatic carbocycles. The fraction of sp³-hybridized carbons (Fsp3) is 0.400. The van der Waals surface area contributed by atoms with Crippen molar-refractivity contribution >= 4 is 11.4 Å². The molecule has 0 spiro atoms. The summed E-state index contributed by atoms with van der Waals surface area (Å²) >= 11 is -1.62. The van der Waals surface area contributed by atoms with Crippen LogP contribution in [0.4, 0.5) is 0 Å². The highest BCUT2D eigenvalue weighted by molar-refractivity contribution is 7.75. The van der Waals surface area contributed by atoms with Gasteiger partial charge in [-0.05, 0) is 49.7 Å². The molecule has 0 aliphatic rings. The first-order chi connectivity index (χ1) is 11.8. The molecule has 0 atom stereocenters. The maximum Gasteiger partial charge on any atom is 0.304 e. The molecule has 4 heteroatoms. The van der Waals surface area contributed by atoms with Gasteiger partial charge in [-0.15, -0.1) is 0 Å². The van der Waals surface area contributed by atoms with E-state index in [0.29, 0.717) is 13.2 Å². The van der Waals surface area contributed by atoms with Gasteiger partial charge in [-0.2, -0.15) is 4.21 Å². The lowest BCUT2D eigenvalue weighted by molar-refractivity contribution is 0.242. The Labute approximate surface area is 147 Å². The summed E-state index contributed by atoms with van der Waals surface area (Å²) in [5.41, 5.74) is 2.65. The number of hydrogen-bond donors (Lipinski definition) is 0. The highest BCUT2D eigenvalue weighted by atomic mass is 32.2. The van der Waals surface area contributed by atoms with Crippen molar-refractivity contribution < 1.29 is 12.6 Å². The highest BCUT2D eigenvalue weighted by Gasteiger charge is 2.01. The molecule has 24 heavy (non-hydrogen) atoms. The first kappa shape index (κ1) is 18.8. The molecule has 0 aromatic heterocycles. The van der Waals surface area contributed by atoms with Crippen LogP contribution in [0.15, 0.2) is 60.7 Å². The van der Waals surface area contributed by atoms with Crippen molar-refractivity contribution in [2.24, 2.45) is 0 Å². The second-order valence-electron chi connectivity index (χ2n) is 5.73. The Bertz CT molecular complexity index is 520. The summed E-state index contributed by atoms with van der Waals surface area (Å²) in [6.07, 6.45) is 5.88. The van der Waals surface area contributed by atoms with E-state index < -0.39 is 11.4 Å². The maximum absolute atomic E-state index is 11.6. The minimum atomic E-state index is -1.62. The fourth-order valence-electron chi connectivity index (χ4n) is 2.44. The molecule has 0 heterocycles. The summed E-state index contributed by atoms with van der Waals surface area (Å²) in [6.45, 7) is 0.951. The zero-order valence-corrected chi connectivity index (χ0v) is 14.9. The molecule has 2 rings (SSSR count). The van der Waals surface area contributed by atoms with Crippen LogP contribution in [-0.2, 0) is 32.6 Å². The standard InChI is InChI=1S/C20H26O3S/c21-24(22-17-9-7-15-19-11-3-1-4-12-19)23-18-10-8-16-20-13-5-2-6-14-20/h1-6,11-14H,7-10,15-18H2. The van der Waals surface area contributed by atoms with Gasteiger partial charge in [0, 0.05) is 0 Å². The van der Waals surface area contributed by atoms with Crippen molar-refractivity contribution in [3.05, 3.63) is 71.8 Å². The van der Waals surface area contributed by atoms with Crippen LogP contribution in [0.25, 0.3) is 0 Å². The van der Waals surface area contributed by atoms with Gasteiger partial charge in [-0.3, -0.25) is 8.37 Å². The van der Waals surface area contributed by atoms with Crippen molar-refractivity contribution in [2.75, 3.05) is 13.2 Å². The van der Waals surface area contributed by atoms with Crippen molar-refractivity contribution in [1.82, 2.24) is 0 Å². The molecule has 3 nitrogen and oxygen atoms in total. The number of aryl methyl sites for hydroxylation is 2. The average Bonchev–Trinajstić information content (AvgIpc) is 2.63. The summed E-state index contributed by atoms with van der Waals surface area (Å²) in [7, 11) is 0. The van der Waals surface area contributed by atoms with Crippen molar-refractivity contribution in [3.63, 3.8) is 0 Å². The highest BCUT2D eigenvalue weighted by Crippen LogP contribution is 2.06. The van der Waals surface area contributed by atoms with Gasteiger partial charge in [0.2, 0.25) is 0 Å². The van der Waals surface area contributed by atoms with E-state index in [1.807, 2.05) is 36.4 Å². The van der Waals surface area contributed by atoms with Gasteiger partial charge in [0.05, 0.1) is 13.2 Å². The van der Waals surface area contributed by atoms with Gasteiger partial charge in [0.15, 0.2) is 0 Å². The molecule has 0 radical (unpaired) electrons. The molecule has 2 aromatic rings. The van der Waals surface area contributed by atoms with Gasteiger partial charge < -0.3 is 0 Å². The summed E-state index contributed by atoms with van der Waals surface area (Å²) in [5.74, 6) is 0. The molecule has 0 N–H and O–H groups in total. The molecule has 0 aliphatic heterocycles. The predicted molar refractivity (Wildman–Crippen MR) is 98.8 cm³/mol. The molecule has 0 amide bonds. The van der Waals surface area contributed by atoms with E-state index in [4.69, 9.17) is 8.37 Å². The van der Waals surface area contributed by atoms with Crippen LogP contribution in [0.1, 0.15) is 36.8 Å². The van der Waals surface area contributed by atoms with Gasteiger partial charge in [0.1, 0.15) is 0 Å². The van der Waals surface area contributed by atoms with Crippen LogP contribution in [0.3, 0.4) is 0 Å². The summed E-state index contributed by atoms with van der Waals surface area (Å²) in [6, 6.07) is 20.7. The lowest BCUT2D eigenvalue weighted by atomic mass is 10.1. The third kappa shape index (κ3) is 8.39. The molecule has 0 unspecified atom stereocenters. The quantitative estimate of drug-likeness (QED) is 0.525. The Kier molecular flexibility index (Phi) is 9.39. The minimum Gasteiger partial charge on any atom is -0.268 e. The Balaban J connectivity index is 1.42. The number of benzene rings is 2. The molecule has 0 saturated carbocycles. The van der Waals surface area contributed by atoms with E-state index in [-0.39, 0.29) is 0 Å². The van der Waals surface area contributed by atoms with E-state index in [2.05, 4.69) is 24.3 Å². The summed E-state index contributed by atoms with van der Waals surface area (Å²) in [5, 5.41) is 0. The second kappa shape index (κ2) is 12.0. The third-order valence-electron chi connectivity index (χ3n) is 3.76. The second-order valence-corrected chi connectivity index (χ2v) is 6.61. The van der Waals surface area contributed by atoms with E-state index in [1.54, 1.807) is 0 Å². The Morgan fingerprint density at radius 2 is 1.04 bits per heavy atom. The van der Waals surface area contributed by atoms with Gasteiger partial charge in [-0.1, -0.05) is 60.7 Å². The van der Waals surface area contributed by atoms with Crippen LogP contribution >= 0.6 is 0 Å². The van der Waals surface area contributed by atoms with Gasteiger partial charge in [-0.25, -0.2) is 0 Å². The average molecular weight is 346 g/mol. The first-order valence-corrected chi connectivity index (χ1v) is 9.61. The van der Waals surface area contributed by atoms with E-state index in [9.17, 15) is 4.21 Å². The zero-order valence-electron chi connectivity index (χ0n) is 14.1. The molecule has 130 valence electrons. The maximum atomic E-state index is 11.6. The summed E-state index contributed by atoms with van der Waals surface area (Å²) < 4.78 is 22.0. The van der Waals surface area contributed by atoms with Crippen LogP contribution in [0.2, 0.25) is 0 Å². The Morgan fingerprint density at radius 3 is 1.46 bits per heavy atom. The third-order valence-corrected chi connectivity index (χ3v) is 4.48. The monoisotopic (exact) mass is 346 g/mol. The Morgan fingerprint density at radius 1 is 0.625 bits per heavy atom.